The van der Waals surface area contributed by atoms with Gasteiger partial charge in [-0.1, -0.05) is 51.7 Å². The summed E-state index contributed by atoms with van der Waals surface area (Å²) in [5.41, 5.74) is 5.09. The summed E-state index contributed by atoms with van der Waals surface area (Å²) in [7, 11) is 3.47. The third-order valence-electron chi connectivity index (χ3n) is 5.19. The zero-order valence-corrected chi connectivity index (χ0v) is 20.9. The lowest BCUT2D eigenvalue weighted by atomic mass is 10.1. The van der Waals surface area contributed by atoms with E-state index in [0.717, 1.165) is 32.6 Å². The van der Waals surface area contributed by atoms with Crippen LogP contribution in [0.2, 0.25) is 0 Å². The van der Waals surface area contributed by atoms with Crippen LogP contribution in [-0.4, -0.2) is 9.97 Å². The summed E-state index contributed by atoms with van der Waals surface area (Å²) in [5.74, 6) is 0. The monoisotopic (exact) mass is 472 g/mol. The highest BCUT2D eigenvalue weighted by atomic mass is 33.1. The van der Waals surface area contributed by atoms with Crippen LogP contribution in [0.1, 0.15) is 63.5 Å². The highest BCUT2D eigenvalue weighted by molar-refractivity contribution is 8.77. The lowest BCUT2D eigenvalue weighted by Crippen LogP contribution is -1.84. The summed E-state index contributed by atoms with van der Waals surface area (Å²) in [6.45, 7) is 4.51. The predicted octanol–water partition coefficient (Wildman–Crippen LogP) is 9.17. The highest BCUT2D eigenvalue weighted by Gasteiger charge is 2.10. The Labute approximate surface area is 195 Å². The van der Waals surface area contributed by atoms with Gasteiger partial charge in [-0.25, -0.2) is 9.97 Å². The van der Waals surface area contributed by atoms with E-state index in [1.165, 1.54) is 59.1 Å². The largest absolute Gasteiger partial charge is 0.229 e. The molecule has 0 radical (unpaired) electrons. The maximum atomic E-state index is 4.86. The molecule has 4 rings (SSSR count). The van der Waals surface area contributed by atoms with Gasteiger partial charge in [-0.05, 0) is 82.7 Å². The molecule has 0 fully saturated rings. The van der Waals surface area contributed by atoms with Gasteiger partial charge in [0, 0.05) is 0 Å². The molecule has 0 atom stereocenters. The van der Waals surface area contributed by atoms with Gasteiger partial charge in [0.15, 0.2) is 8.68 Å². The standard InChI is InChI=1S/C24H28N2S4/c1-3-5-7-9-17-11-13-21-19(15-17)25-23(27-21)29-30-24-26-20-16-18(10-8-6-4-2)12-14-22(20)28-24/h11-16H,3-10H2,1-2H3. The SMILES string of the molecule is CCCCCc1ccc2sc(SSc3nc4cc(CCCCC)ccc4s3)nc2c1. The lowest BCUT2D eigenvalue weighted by molar-refractivity contribution is 0.718. The van der Waals surface area contributed by atoms with Crippen LogP contribution in [0.3, 0.4) is 0 Å². The first-order valence-corrected chi connectivity index (χ1v) is 14.7. The summed E-state index contributed by atoms with van der Waals surface area (Å²) < 4.78 is 4.78. The van der Waals surface area contributed by atoms with Crippen molar-refractivity contribution < 1.29 is 0 Å². The van der Waals surface area contributed by atoms with Crippen molar-refractivity contribution in [3.63, 3.8) is 0 Å². The Hall–Kier alpha value is -1.08. The van der Waals surface area contributed by atoms with Gasteiger partial charge in [-0.15, -0.1) is 22.7 Å². The zero-order valence-electron chi connectivity index (χ0n) is 17.6. The Morgan fingerprint density at radius 3 is 1.57 bits per heavy atom. The van der Waals surface area contributed by atoms with E-state index in [4.69, 9.17) is 9.97 Å². The van der Waals surface area contributed by atoms with E-state index in [1.807, 2.05) is 0 Å². The second kappa shape index (κ2) is 11.0. The molecule has 2 aromatic heterocycles. The van der Waals surface area contributed by atoms with Crippen LogP contribution in [0.4, 0.5) is 0 Å². The zero-order chi connectivity index (χ0) is 20.8. The number of fused-ring (bicyclic) bond motifs is 2. The van der Waals surface area contributed by atoms with Crippen LogP contribution >= 0.6 is 44.3 Å². The quantitative estimate of drug-likeness (QED) is 0.160. The number of aromatic nitrogens is 2. The molecule has 0 amide bonds. The van der Waals surface area contributed by atoms with E-state index in [2.05, 4.69) is 50.2 Å². The first-order chi connectivity index (χ1) is 14.7. The molecule has 158 valence electrons. The van der Waals surface area contributed by atoms with Crippen LogP contribution in [0.15, 0.2) is 45.1 Å². The molecule has 2 heterocycles. The Bertz CT molecular complexity index is 1010. The number of nitrogens with zero attached hydrogens (tertiary/aromatic N) is 2. The number of rotatable bonds is 11. The molecule has 0 unspecified atom stereocenters. The summed E-state index contributed by atoms with van der Waals surface area (Å²) in [4.78, 5) is 9.73. The van der Waals surface area contributed by atoms with Crippen molar-refractivity contribution in [2.45, 2.75) is 73.9 Å². The Kier molecular flexibility index (Phi) is 8.10. The normalized spacial score (nSPS) is 11.7. The molecule has 0 saturated carbocycles. The number of unbranched alkanes of at least 4 members (excludes halogenated alkanes) is 4. The molecular formula is C24H28N2S4. The van der Waals surface area contributed by atoms with E-state index in [9.17, 15) is 0 Å². The van der Waals surface area contributed by atoms with E-state index in [0.29, 0.717) is 0 Å². The molecule has 6 heteroatoms. The molecule has 4 aromatic rings. The molecule has 2 aromatic carbocycles. The van der Waals surface area contributed by atoms with Crippen LogP contribution < -0.4 is 0 Å². The lowest BCUT2D eigenvalue weighted by Gasteiger charge is -1.99. The number of thiazole rings is 2. The van der Waals surface area contributed by atoms with Crippen LogP contribution in [0.25, 0.3) is 20.4 Å². The Balaban J connectivity index is 1.39. The number of benzene rings is 2. The first-order valence-electron chi connectivity index (χ1n) is 10.9. The van der Waals surface area contributed by atoms with Gasteiger partial charge in [0.25, 0.3) is 0 Å². The molecule has 2 nitrogen and oxygen atoms in total. The van der Waals surface area contributed by atoms with Crippen molar-refractivity contribution >= 4 is 64.7 Å². The maximum Gasteiger partial charge on any atom is 0.162 e. The average molecular weight is 473 g/mol. The molecule has 30 heavy (non-hydrogen) atoms. The summed E-state index contributed by atoms with van der Waals surface area (Å²) >= 11 is 3.56. The van der Waals surface area contributed by atoms with Crippen molar-refractivity contribution in [3.8, 4) is 0 Å². The minimum Gasteiger partial charge on any atom is -0.229 e. The third kappa shape index (κ3) is 5.78. The molecule has 0 aliphatic heterocycles. The molecule has 0 bridgehead atoms. The van der Waals surface area contributed by atoms with E-state index < -0.39 is 0 Å². The second-order valence-corrected chi connectivity index (χ2v) is 12.3. The van der Waals surface area contributed by atoms with Gasteiger partial charge >= 0.3 is 0 Å². The van der Waals surface area contributed by atoms with Gasteiger partial charge in [0.2, 0.25) is 0 Å². The number of aryl methyl sites for hydroxylation is 2. The van der Waals surface area contributed by atoms with Crippen molar-refractivity contribution in [1.29, 1.82) is 0 Å². The van der Waals surface area contributed by atoms with Gasteiger partial charge in [-0.3, -0.25) is 0 Å². The third-order valence-corrected chi connectivity index (χ3v) is 10.2. The minimum atomic E-state index is 1.11. The topological polar surface area (TPSA) is 25.8 Å². The average Bonchev–Trinajstić information content (AvgIpc) is 3.35. The van der Waals surface area contributed by atoms with Crippen LogP contribution in [0.5, 0.6) is 0 Å². The smallest absolute Gasteiger partial charge is 0.162 e. The fourth-order valence-electron chi connectivity index (χ4n) is 3.52. The number of hydrogen-bond donors (Lipinski definition) is 0. The fourth-order valence-corrected chi connectivity index (χ4v) is 7.97. The summed E-state index contributed by atoms with van der Waals surface area (Å²) in [5, 5.41) is 0. The summed E-state index contributed by atoms with van der Waals surface area (Å²) in [6, 6.07) is 13.6. The van der Waals surface area contributed by atoms with Crippen molar-refractivity contribution in [2.24, 2.45) is 0 Å². The first kappa shape index (κ1) is 22.1. The molecule has 0 N–H and O–H groups in total. The van der Waals surface area contributed by atoms with Crippen LogP contribution in [0, 0.1) is 0 Å². The van der Waals surface area contributed by atoms with E-state index >= 15 is 0 Å². The van der Waals surface area contributed by atoms with Crippen LogP contribution in [-0.2, 0) is 12.8 Å². The van der Waals surface area contributed by atoms with Gasteiger partial charge < -0.3 is 0 Å². The molecule has 0 aliphatic rings. The number of hydrogen-bond acceptors (Lipinski definition) is 6. The molecule has 0 spiro atoms. The maximum absolute atomic E-state index is 4.86. The van der Waals surface area contributed by atoms with Crippen molar-refractivity contribution in [3.05, 3.63) is 47.5 Å². The van der Waals surface area contributed by atoms with Gasteiger partial charge in [-0.2, -0.15) is 0 Å². The fraction of sp³-hybridized carbons (Fsp3) is 0.417. The highest BCUT2D eigenvalue weighted by Crippen LogP contribution is 2.43. The Morgan fingerprint density at radius 2 is 1.13 bits per heavy atom. The van der Waals surface area contributed by atoms with E-state index in [1.54, 1.807) is 44.3 Å². The predicted molar refractivity (Wildman–Crippen MR) is 137 cm³/mol. The second-order valence-electron chi connectivity index (χ2n) is 7.64. The van der Waals surface area contributed by atoms with Gasteiger partial charge in [0.1, 0.15) is 0 Å². The van der Waals surface area contributed by atoms with E-state index in [-0.39, 0.29) is 0 Å². The molecule has 0 saturated heterocycles. The molecule has 0 aliphatic carbocycles. The summed E-state index contributed by atoms with van der Waals surface area (Å²) in [6.07, 6.45) is 9.98. The van der Waals surface area contributed by atoms with Crippen molar-refractivity contribution in [2.75, 3.05) is 0 Å². The Morgan fingerprint density at radius 1 is 0.667 bits per heavy atom. The van der Waals surface area contributed by atoms with Gasteiger partial charge in [0.05, 0.1) is 20.4 Å². The molecular weight excluding hydrogens is 445 g/mol. The van der Waals surface area contributed by atoms with Crippen molar-refractivity contribution in [1.82, 2.24) is 9.97 Å². The minimum absolute atomic E-state index is 1.11.